The van der Waals surface area contributed by atoms with Crippen LogP contribution in [0.3, 0.4) is 0 Å². The molecule has 0 aromatic heterocycles. The van der Waals surface area contributed by atoms with Gasteiger partial charge in [-0.2, -0.15) is 0 Å². The average molecular weight is 409 g/mol. The topological polar surface area (TPSA) is 86.7 Å². The van der Waals surface area contributed by atoms with Crippen molar-refractivity contribution in [3.63, 3.8) is 0 Å². The maximum Gasteiger partial charge on any atom is 0.442 e. The molecule has 0 atom stereocenters. The summed E-state index contributed by atoms with van der Waals surface area (Å²) in [5.41, 5.74) is 0. The summed E-state index contributed by atoms with van der Waals surface area (Å²) in [4.78, 5) is 0. The molecule has 1 heterocycles. The van der Waals surface area contributed by atoms with E-state index in [1.807, 2.05) is 0 Å². The molecule has 1 aliphatic rings. The Morgan fingerprint density at radius 2 is 1.00 bits per heavy atom. The van der Waals surface area contributed by atoms with Gasteiger partial charge in [0.05, 0.1) is 12.8 Å². The fourth-order valence-electron chi connectivity index (χ4n) is 3.57. The van der Waals surface area contributed by atoms with Gasteiger partial charge in [-0.25, -0.2) is 16.8 Å². The fourth-order valence-corrected chi connectivity index (χ4v) is 7.62. The first kappa shape index (κ1) is 30.3. The van der Waals surface area contributed by atoms with Crippen LogP contribution in [0.25, 0.3) is 0 Å². The van der Waals surface area contributed by atoms with Crippen LogP contribution >= 0.6 is 0 Å². The van der Waals surface area contributed by atoms with Crippen molar-refractivity contribution in [2.24, 2.45) is 0 Å². The maximum absolute atomic E-state index is 13.0. The van der Waals surface area contributed by atoms with E-state index in [9.17, 15) is 16.8 Å². The van der Waals surface area contributed by atoms with Gasteiger partial charge in [0.1, 0.15) is 0 Å². The smallest absolute Gasteiger partial charge is 0.317 e. The van der Waals surface area contributed by atoms with Crippen molar-refractivity contribution >= 4 is 182 Å². The highest BCUT2D eigenvalue weighted by atomic mass is 32.3. The summed E-state index contributed by atoms with van der Waals surface area (Å²) in [5.74, 6) is 0. The summed E-state index contributed by atoms with van der Waals surface area (Å²) in [6.07, 6.45) is -12.5. The van der Waals surface area contributed by atoms with E-state index in [-0.39, 0.29) is 0 Å². The highest BCUT2D eigenvalue weighted by Gasteiger charge is 2.63. The molecule has 0 saturated carbocycles. The fraction of sp³-hybridized carbons (Fsp3) is 0. The highest BCUT2D eigenvalue weighted by Crippen LogP contribution is 2.24. The minimum Gasteiger partial charge on any atom is -0.317 e. The molecule has 0 aromatic rings. The zero-order valence-electron chi connectivity index (χ0n) is 16.5. The number of rotatable bonds is 10. The normalized spacial score (nSPS) is 16.5. The Kier molecular flexibility index (Phi) is 11.6. The van der Waals surface area contributed by atoms with Gasteiger partial charge in [0.15, 0.2) is 0 Å². The largest absolute Gasteiger partial charge is 0.442 e. The van der Waals surface area contributed by atoms with Gasteiger partial charge >= 0.3 is 12.2 Å². The Bertz CT molecular complexity index is 724. The van der Waals surface area contributed by atoms with E-state index in [1.165, 1.54) is 0 Å². The summed E-state index contributed by atoms with van der Waals surface area (Å²) in [5, 5.41) is -2.43. The summed E-state index contributed by atoms with van der Waals surface area (Å²) < 4.78 is 61.7. The predicted octanol–water partition coefficient (Wildman–Crippen LogP) is -10.2. The Balaban J connectivity index is 3.53. The molecule has 0 aromatic carbocycles. The quantitative estimate of drug-likeness (QED) is 0.334. The van der Waals surface area contributed by atoms with Crippen LogP contribution in [0.2, 0.25) is 0 Å². The Morgan fingerprint density at radius 1 is 0.613 bits per heavy atom. The molecule has 23 radical (unpaired) electrons. The Labute approximate surface area is 205 Å². The average Bonchev–Trinajstić information content (AvgIpc) is 2.55. The number of hydrogen-bond acceptors (Lipinski definition) is 6. The summed E-state index contributed by atoms with van der Waals surface area (Å²) >= 11 is 0. The van der Waals surface area contributed by atoms with E-state index in [1.54, 1.807) is 0 Å². The van der Waals surface area contributed by atoms with Crippen molar-refractivity contribution in [1.82, 2.24) is 0 Å². The summed E-state index contributed by atoms with van der Waals surface area (Å²) in [6, 6.07) is 0. The second kappa shape index (κ2) is 11.8. The van der Waals surface area contributed by atoms with E-state index in [0.29, 0.717) is 0 Å². The molecule has 0 N–H and O–H groups in total. The van der Waals surface area contributed by atoms with Crippen LogP contribution in [0, 0.1) is 0 Å². The standard InChI is InChI=1S/B23O6S2/c1-12-18(13(2)3)20(16(8)9)23-30(24,25)28-22(29-31(23,26)27)21(17(10)11)19(14(4)5)15(6)7. The first-order valence-corrected chi connectivity index (χ1v) is 11.9. The van der Waals surface area contributed by atoms with Gasteiger partial charge in [0.2, 0.25) is 19.9 Å². The molecule has 117 valence electrons. The van der Waals surface area contributed by atoms with Crippen LogP contribution in [0.15, 0.2) is 0 Å². The molecule has 6 nitrogen and oxygen atoms in total. The van der Waals surface area contributed by atoms with Gasteiger partial charge in [-0.15, -0.1) is 0 Å². The first-order chi connectivity index (χ1) is 14.0. The zero-order chi connectivity index (χ0) is 24.5. The van der Waals surface area contributed by atoms with Gasteiger partial charge in [-0.1, -0.05) is 0 Å². The van der Waals surface area contributed by atoms with Crippen molar-refractivity contribution in [1.29, 1.82) is 0 Å². The van der Waals surface area contributed by atoms with Crippen LogP contribution < -0.4 is 0 Å². The molecule has 0 spiro atoms. The van der Waals surface area contributed by atoms with Gasteiger partial charge in [0.25, 0.3) is 0 Å². The molecular formula is B23O6S2. The van der Waals surface area contributed by atoms with E-state index in [2.05, 4.69) is 0 Å². The first-order valence-electron chi connectivity index (χ1n) is 8.94. The Morgan fingerprint density at radius 3 is 1.26 bits per heavy atom. The van der Waals surface area contributed by atoms with Crippen LogP contribution in [0.4, 0.5) is 0 Å². The molecule has 1 fully saturated rings. The lowest BCUT2D eigenvalue weighted by molar-refractivity contribution is 0.429. The van der Waals surface area contributed by atoms with Gasteiger partial charge < -0.3 is 8.20 Å². The van der Waals surface area contributed by atoms with Crippen LogP contribution in [-0.4, -0.2) is 179 Å². The zero-order valence-corrected chi connectivity index (χ0v) is 18.2. The van der Waals surface area contributed by atoms with Crippen molar-refractivity contribution in [2.75, 3.05) is 0 Å². The molecule has 1 saturated heterocycles. The summed E-state index contributed by atoms with van der Waals surface area (Å²) in [7, 11) is 50.6. The molecule has 0 amide bonds. The van der Waals surface area contributed by atoms with Crippen molar-refractivity contribution in [3.8, 4) is 0 Å². The third-order valence-electron chi connectivity index (χ3n) is 4.99. The molecule has 0 bridgehead atoms. The molecule has 0 unspecified atom stereocenters. The van der Waals surface area contributed by atoms with Gasteiger partial charge in [-0.05, 0) is 0 Å². The van der Waals surface area contributed by atoms with Crippen molar-refractivity contribution < 1.29 is 25.0 Å². The number of hydrogen-bond donors (Lipinski definition) is 0. The highest BCUT2D eigenvalue weighted by molar-refractivity contribution is 8.55. The maximum atomic E-state index is 13.0. The second-order valence-electron chi connectivity index (χ2n) is 7.30. The molecule has 1 aliphatic heterocycles. The SMILES string of the molecule is [B][B]B(B([B])[B])B(B([B])[B])B1S(=O)(=O)OB(B(B([B])[B])B(B([B])[B])B([B])[B])OS1(=O)=O. The van der Waals surface area contributed by atoms with E-state index >= 15 is 0 Å². The molecule has 0 aliphatic carbocycles. The third-order valence-corrected chi connectivity index (χ3v) is 9.09. The van der Waals surface area contributed by atoms with Gasteiger partial charge in [-0.3, -0.25) is 0 Å². The van der Waals surface area contributed by atoms with Crippen molar-refractivity contribution in [3.05, 3.63) is 0 Å². The van der Waals surface area contributed by atoms with Crippen LogP contribution in [0.1, 0.15) is 0 Å². The molecular weight excluding hydrogens is 409 g/mol. The lowest BCUT2D eigenvalue weighted by Crippen LogP contribution is -2.78. The Hall–Kier alpha value is 1.31. The van der Waals surface area contributed by atoms with E-state index in [4.69, 9.17) is 93.3 Å². The second-order valence-corrected chi connectivity index (χ2v) is 11.0. The molecule has 1 rings (SSSR count). The lowest BCUT2D eigenvalue weighted by Gasteiger charge is -2.39. The third kappa shape index (κ3) is 7.16. The van der Waals surface area contributed by atoms with Crippen LogP contribution in [0.5, 0.6) is 0 Å². The minimum absolute atomic E-state index is 0.884. The van der Waals surface area contributed by atoms with E-state index < -0.39 is 89.6 Å². The molecule has 31 heteroatoms. The summed E-state index contributed by atoms with van der Waals surface area (Å²) in [6.45, 7) is 0. The predicted molar refractivity (Wildman–Crippen MR) is 152 cm³/mol. The monoisotopic (exact) mass is 413 g/mol. The van der Waals surface area contributed by atoms with Crippen LogP contribution in [-0.2, 0) is 28.1 Å². The lowest BCUT2D eigenvalue weighted by atomic mass is 8.51. The van der Waals surface area contributed by atoms with Gasteiger partial charge in [0, 0.05) is 137 Å². The minimum atomic E-state index is -5.01. The van der Waals surface area contributed by atoms with Crippen molar-refractivity contribution in [2.45, 2.75) is 0 Å². The van der Waals surface area contributed by atoms with E-state index in [0.717, 1.165) is 7.06 Å². The molecule has 31 heavy (non-hydrogen) atoms.